The van der Waals surface area contributed by atoms with E-state index in [0.29, 0.717) is 11.1 Å². The van der Waals surface area contributed by atoms with Gasteiger partial charge in [-0.15, -0.1) is 0 Å². The second kappa shape index (κ2) is 6.03. The molecule has 7 heteroatoms. The van der Waals surface area contributed by atoms with Gasteiger partial charge in [-0.2, -0.15) is 13.5 Å². The maximum absolute atomic E-state index is 12.1. The van der Waals surface area contributed by atoms with Gasteiger partial charge in [-0.1, -0.05) is 36.4 Å². The minimum atomic E-state index is -4.41. The monoisotopic (exact) mass is 342 g/mol. The van der Waals surface area contributed by atoms with Crippen LogP contribution in [0, 0.1) is 6.92 Å². The predicted molar refractivity (Wildman–Crippen MR) is 91.6 cm³/mol. The van der Waals surface area contributed by atoms with Crippen LogP contribution in [0.4, 0.5) is 5.69 Å². The Labute approximate surface area is 139 Å². The Bertz CT molecular complexity index is 991. The van der Waals surface area contributed by atoms with E-state index in [0.717, 1.165) is 5.56 Å². The number of benzene rings is 2. The molecular formula is C17H14N2O4S. The maximum Gasteiger partial charge on any atom is 0.296 e. The third kappa shape index (κ3) is 3.12. The first-order valence-corrected chi connectivity index (χ1v) is 8.54. The van der Waals surface area contributed by atoms with Gasteiger partial charge in [0.15, 0.2) is 0 Å². The molecule has 0 aliphatic heterocycles. The van der Waals surface area contributed by atoms with E-state index in [2.05, 4.69) is 10.5 Å². The second-order valence-corrected chi connectivity index (χ2v) is 6.72. The van der Waals surface area contributed by atoms with Crippen LogP contribution in [0.25, 0.3) is 6.08 Å². The molecule has 6 nitrogen and oxygen atoms in total. The molecule has 2 aromatic rings. The molecule has 1 aliphatic carbocycles. The number of rotatable bonds is 3. The molecule has 0 amide bonds. The van der Waals surface area contributed by atoms with Crippen LogP contribution in [0.15, 0.2) is 58.5 Å². The van der Waals surface area contributed by atoms with Gasteiger partial charge in [0.2, 0.25) is 5.78 Å². The molecule has 2 aromatic carbocycles. The van der Waals surface area contributed by atoms with Gasteiger partial charge in [-0.25, -0.2) is 0 Å². The molecule has 0 spiro atoms. The molecule has 0 aromatic heterocycles. The summed E-state index contributed by atoms with van der Waals surface area (Å²) in [7, 11) is -4.41. The summed E-state index contributed by atoms with van der Waals surface area (Å²) >= 11 is 0. The zero-order valence-corrected chi connectivity index (χ0v) is 13.5. The summed E-state index contributed by atoms with van der Waals surface area (Å²) in [6.07, 6.45) is 3.11. The zero-order chi connectivity index (χ0) is 17.3. The van der Waals surface area contributed by atoms with Crippen molar-refractivity contribution in [1.82, 2.24) is 0 Å². The van der Waals surface area contributed by atoms with E-state index < -0.39 is 10.1 Å². The minimum absolute atomic E-state index is 0.0930. The molecule has 0 heterocycles. The summed E-state index contributed by atoms with van der Waals surface area (Å²) in [6, 6.07) is 11.7. The van der Waals surface area contributed by atoms with Gasteiger partial charge in [0.1, 0.15) is 10.6 Å². The first-order valence-electron chi connectivity index (χ1n) is 7.10. The number of carbonyl (C=O) groups is 1. The molecule has 0 saturated heterocycles. The topological polar surface area (TPSA) is 95.8 Å². The lowest BCUT2D eigenvalue weighted by Crippen LogP contribution is -2.19. The Morgan fingerprint density at radius 1 is 1.08 bits per heavy atom. The van der Waals surface area contributed by atoms with Gasteiger partial charge in [-0.05, 0) is 36.3 Å². The highest BCUT2D eigenvalue weighted by Gasteiger charge is 2.20. The van der Waals surface area contributed by atoms with E-state index in [-0.39, 0.29) is 22.1 Å². The average molecular weight is 342 g/mol. The zero-order valence-electron chi connectivity index (χ0n) is 12.7. The van der Waals surface area contributed by atoms with Crippen molar-refractivity contribution in [3.63, 3.8) is 0 Å². The molecule has 0 unspecified atom stereocenters. The molecule has 2 N–H and O–H groups in total. The van der Waals surface area contributed by atoms with Crippen LogP contribution in [0.5, 0.6) is 0 Å². The number of carbonyl (C=O) groups excluding carboxylic acids is 1. The van der Waals surface area contributed by atoms with Gasteiger partial charge in [0.25, 0.3) is 10.1 Å². The summed E-state index contributed by atoms with van der Waals surface area (Å²) < 4.78 is 32.4. The summed E-state index contributed by atoms with van der Waals surface area (Å²) in [4.78, 5) is 11.8. The van der Waals surface area contributed by atoms with Crippen LogP contribution in [-0.4, -0.2) is 24.5 Å². The van der Waals surface area contributed by atoms with Gasteiger partial charge in [-0.3, -0.25) is 14.8 Å². The third-order valence-corrected chi connectivity index (χ3v) is 4.46. The Hall–Kier alpha value is -2.77. The Morgan fingerprint density at radius 3 is 2.58 bits per heavy atom. The third-order valence-electron chi connectivity index (χ3n) is 3.57. The number of hydrazone groups is 1. The lowest BCUT2D eigenvalue weighted by Gasteiger charge is -2.13. The quantitative estimate of drug-likeness (QED) is 0.660. The number of anilines is 1. The normalized spacial score (nSPS) is 15.4. The Kier molecular flexibility index (Phi) is 4.04. The van der Waals surface area contributed by atoms with Gasteiger partial charge in [0, 0.05) is 5.56 Å². The van der Waals surface area contributed by atoms with Crippen LogP contribution >= 0.6 is 0 Å². The fourth-order valence-electron chi connectivity index (χ4n) is 2.40. The lowest BCUT2D eigenvalue weighted by atomic mass is 9.95. The highest BCUT2D eigenvalue weighted by Crippen LogP contribution is 2.23. The van der Waals surface area contributed by atoms with Crippen LogP contribution in [-0.2, 0) is 14.9 Å². The van der Waals surface area contributed by atoms with Gasteiger partial charge < -0.3 is 0 Å². The van der Waals surface area contributed by atoms with Gasteiger partial charge >= 0.3 is 0 Å². The van der Waals surface area contributed by atoms with E-state index in [4.69, 9.17) is 0 Å². The van der Waals surface area contributed by atoms with E-state index in [1.807, 2.05) is 12.1 Å². The predicted octanol–water partition coefficient (Wildman–Crippen LogP) is 2.65. The van der Waals surface area contributed by atoms with Crippen molar-refractivity contribution >= 4 is 33.4 Å². The SMILES string of the molecule is Cc1ccc(N/N=C2/C(=O)C=Cc3ccccc32)c(S(=O)(=O)O)c1. The minimum Gasteiger partial charge on any atom is -0.287 e. The van der Waals surface area contributed by atoms with Crippen LogP contribution in [0.2, 0.25) is 0 Å². The molecule has 3 rings (SSSR count). The smallest absolute Gasteiger partial charge is 0.287 e. The number of ketones is 1. The van der Waals surface area contributed by atoms with Crippen molar-refractivity contribution in [2.45, 2.75) is 11.8 Å². The number of hydrogen-bond acceptors (Lipinski definition) is 5. The summed E-state index contributed by atoms with van der Waals surface area (Å²) in [5, 5.41) is 4.07. The second-order valence-electron chi connectivity index (χ2n) is 5.33. The first kappa shape index (κ1) is 16.1. The van der Waals surface area contributed by atoms with Crippen molar-refractivity contribution < 1.29 is 17.8 Å². The van der Waals surface area contributed by atoms with Crippen molar-refractivity contribution in [3.05, 3.63) is 65.2 Å². The van der Waals surface area contributed by atoms with Gasteiger partial charge in [0.05, 0.1) is 5.69 Å². The number of nitrogens with zero attached hydrogens (tertiary/aromatic N) is 1. The highest BCUT2D eigenvalue weighted by molar-refractivity contribution is 7.86. The number of aryl methyl sites for hydroxylation is 1. The molecule has 1 aliphatic rings. The summed E-state index contributed by atoms with van der Waals surface area (Å²) in [5.74, 6) is -0.290. The molecule has 0 atom stereocenters. The molecule has 0 saturated carbocycles. The number of nitrogens with one attached hydrogen (secondary N) is 1. The van der Waals surface area contributed by atoms with E-state index in [1.165, 1.54) is 18.2 Å². The van der Waals surface area contributed by atoms with Crippen LogP contribution in [0.3, 0.4) is 0 Å². The largest absolute Gasteiger partial charge is 0.296 e. The molecule has 24 heavy (non-hydrogen) atoms. The molecule has 0 fully saturated rings. The van der Waals surface area contributed by atoms with Crippen molar-refractivity contribution in [3.8, 4) is 0 Å². The van der Waals surface area contributed by atoms with E-state index in [1.54, 1.807) is 31.2 Å². The fraction of sp³-hybridized carbons (Fsp3) is 0.0588. The Morgan fingerprint density at radius 2 is 1.83 bits per heavy atom. The highest BCUT2D eigenvalue weighted by atomic mass is 32.2. The lowest BCUT2D eigenvalue weighted by molar-refractivity contribution is -0.108. The number of fused-ring (bicyclic) bond motifs is 1. The fourth-order valence-corrected chi connectivity index (χ4v) is 3.13. The summed E-state index contributed by atoms with van der Waals surface area (Å²) in [5.41, 5.74) is 5.02. The standard InChI is InChI=1S/C17H14N2O4S/c1-11-6-8-14(16(10-11)24(21,22)23)18-19-17-13-5-3-2-4-12(13)7-9-15(17)20/h2-10,18H,1H3,(H,21,22,23)/b19-17+. The van der Waals surface area contributed by atoms with Crippen molar-refractivity contribution in [2.75, 3.05) is 5.43 Å². The number of allylic oxidation sites excluding steroid dienone is 1. The average Bonchev–Trinajstić information content (AvgIpc) is 2.54. The van der Waals surface area contributed by atoms with Crippen molar-refractivity contribution in [1.29, 1.82) is 0 Å². The van der Waals surface area contributed by atoms with E-state index >= 15 is 0 Å². The van der Waals surface area contributed by atoms with Crippen LogP contribution in [0.1, 0.15) is 16.7 Å². The van der Waals surface area contributed by atoms with E-state index in [9.17, 15) is 17.8 Å². The molecular weight excluding hydrogens is 328 g/mol. The molecule has 0 radical (unpaired) electrons. The number of hydrogen-bond donors (Lipinski definition) is 2. The summed E-state index contributed by atoms with van der Waals surface area (Å²) in [6.45, 7) is 1.70. The van der Waals surface area contributed by atoms with Crippen LogP contribution < -0.4 is 5.43 Å². The maximum atomic E-state index is 12.1. The molecule has 0 bridgehead atoms. The molecule has 122 valence electrons. The Balaban J connectivity index is 2.03. The first-order chi connectivity index (χ1) is 11.4. The van der Waals surface area contributed by atoms with Crippen molar-refractivity contribution in [2.24, 2.45) is 5.10 Å².